The molecule has 0 amide bonds. The summed E-state index contributed by atoms with van der Waals surface area (Å²) in [5.74, 6) is 0.784. The third-order valence-electron chi connectivity index (χ3n) is 1.93. The van der Waals surface area contributed by atoms with Crippen molar-refractivity contribution in [3.8, 4) is 0 Å². The molecule has 0 aromatic carbocycles. The molecule has 2 nitrogen and oxygen atoms in total. The molecule has 0 spiro atoms. The van der Waals surface area contributed by atoms with Crippen LogP contribution >= 0.6 is 0 Å². The van der Waals surface area contributed by atoms with Crippen molar-refractivity contribution in [3.05, 3.63) is 0 Å². The third-order valence-corrected chi connectivity index (χ3v) is 1.93. The van der Waals surface area contributed by atoms with Crippen molar-refractivity contribution in [1.29, 1.82) is 0 Å². The zero-order valence-corrected chi connectivity index (χ0v) is 6.28. The molecule has 1 fully saturated rings. The van der Waals surface area contributed by atoms with Gasteiger partial charge in [0.05, 0.1) is 0 Å². The van der Waals surface area contributed by atoms with Gasteiger partial charge in [0.1, 0.15) is 0 Å². The van der Waals surface area contributed by atoms with E-state index in [1.807, 2.05) is 0 Å². The fourth-order valence-corrected chi connectivity index (χ4v) is 1.22. The average Bonchev–Trinajstić information content (AvgIpc) is 1.90. The van der Waals surface area contributed by atoms with Gasteiger partial charge >= 0.3 is 0 Å². The van der Waals surface area contributed by atoms with E-state index >= 15 is 0 Å². The van der Waals surface area contributed by atoms with Crippen LogP contribution in [0, 0.1) is 5.92 Å². The summed E-state index contributed by atoms with van der Waals surface area (Å²) in [6.45, 7) is 6.70. The second kappa shape index (κ2) is 3.18. The minimum absolute atomic E-state index is 0.742. The van der Waals surface area contributed by atoms with Gasteiger partial charge in [0.15, 0.2) is 0 Å². The minimum Gasteiger partial charge on any atom is -0.304 e. The highest BCUT2D eigenvalue weighted by Gasteiger charge is 2.14. The van der Waals surface area contributed by atoms with Gasteiger partial charge in [-0.05, 0) is 18.9 Å². The SMILES string of the molecule is CC(C)C1CCNCN1. The van der Waals surface area contributed by atoms with Gasteiger partial charge < -0.3 is 10.6 Å². The van der Waals surface area contributed by atoms with E-state index in [1.54, 1.807) is 0 Å². The van der Waals surface area contributed by atoms with Crippen molar-refractivity contribution >= 4 is 0 Å². The molecule has 1 rings (SSSR count). The Hall–Kier alpha value is -0.0800. The van der Waals surface area contributed by atoms with Crippen LogP contribution in [0.4, 0.5) is 0 Å². The molecule has 1 unspecified atom stereocenters. The summed E-state index contributed by atoms with van der Waals surface area (Å²) in [7, 11) is 0. The Balaban J connectivity index is 2.23. The Labute approximate surface area is 57.0 Å². The Morgan fingerprint density at radius 1 is 1.44 bits per heavy atom. The quantitative estimate of drug-likeness (QED) is 0.539. The van der Waals surface area contributed by atoms with E-state index in [9.17, 15) is 0 Å². The first-order valence-corrected chi connectivity index (χ1v) is 3.75. The van der Waals surface area contributed by atoms with E-state index < -0.39 is 0 Å². The highest BCUT2D eigenvalue weighted by atomic mass is 15.1. The van der Waals surface area contributed by atoms with Crippen molar-refractivity contribution in [1.82, 2.24) is 10.6 Å². The molecule has 9 heavy (non-hydrogen) atoms. The van der Waals surface area contributed by atoms with Crippen LogP contribution in [-0.2, 0) is 0 Å². The summed E-state index contributed by atoms with van der Waals surface area (Å²) in [4.78, 5) is 0. The predicted octanol–water partition coefficient (Wildman–Crippen LogP) is 0.551. The van der Waals surface area contributed by atoms with E-state index in [0.29, 0.717) is 0 Å². The van der Waals surface area contributed by atoms with E-state index in [-0.39, 0.29) is 0 Å². The maximum atomic E-state index is 3.41. The molecule has 0 radical (unpaired) electrons. The Morgan fingerprint density at radius 3 is 2.56 bits per heavy atom. The smallest absolute Gasteiger partial charge is 0.0456 e. The van der Waals surface area contributed by atoms with Crippen LogP contribution in [0.15, 0.2) is 0 Å². The van der Waals surface area contributed by atoms with Gasteiger partial charge in [-0.2, -0.15) is 0 Å². The zero-order chi connectivity index (χ0) is 6.69. The Bertz CT molecular complexity index is 75.0. The molecule has 1 aliphatic heterocycles. The van der Waals surface area contributed by atoms with E-state index in [1.165, 1.54) is 13.0 Å². The lowest BCUT2D eigenvalue weighted by atomic mass is 10.0. The molecular formula is C7H16N2. The standard InChI is InChI=1S/C7H16N2/c1-6(2)7-3-4-8-5-9-7/h6-9H,3-5H2,1-2H3. The topological polar surface area (TPSA) is 24.1 Å². The number of hydrogen-bond donors (Lipinski definition) is 2. The van der Waals surface area contributed by atoms with Crippen molar-refractivity contribution in [2.45, 2.75) is 26.3 Å². The summed E-state index contributed by atoms with van der Waals surface area (Å²) >= 11 is 0. The molecule has 0 aliphatic carbocycles. The second-order valence-corrected chi connectivity index (χ2v) is 3.02. The van der Waals surface area contributed by atoms with Gasteiger partial charge in [0.25, 0.3) is 0 Å². The molecular weight excluding hydrogens is 112 g/mol. The average molecular weight is 128 g/mol. The molecule has 0 bridgehead atoms. The van der Waals surface area contributed by atoms with Crippen molar-refractivity contribution in [2.24, 2.45) is 5.92 Å². The van der Waals surface area contributed by atoms with Crippen LogP contribution in [0.5, 0.6) is 0 Å². The van der Waals surface area contributed by atoms with Gasteiger partial charge in [0, 0.05) is 12.7 Å². The Kier molecular flexibility index (Phi) is 2.49. The molecule has 0 saturated carbocycles. The lowest BCUT2D eigenvalue weighted by Crippen LogP contribution is -2.47. The van der Waals surface area contributed by atoms with Crippen LogP contribution in [-0.4, -0.2) is 19.3 Å². The van der Waals surface area contributed by atoms with Gasteiger partial charge in [-0.15, -0.1) is 0 Å². The molecule has 1 aliphatic rings. The maximum absolute atomic E-state index is 3.41. The minimum atomic E-state index is 0.742. The predicted molar refractivity (Wildman–Crippen MR) is 39.2 cm³/mol. The summed E-state index contributed by atoms with van der Waals surface area (Å²) in [5.41, 5.74) is 0. The molecule has 1 atom stereocenters. The van der Waals surface area contributed by atoms with E-state index in [0.717, 1.165) is 18.6 Å². The van der Waals surface area contributed by atoms with Crippen LogP contribution < -0.4 is 10.6 Å². The monoisotopic (exact) mass is 128 g/mol. The van der Waals surface area contributed by atoms with E-state index in [2.05, 4.69) is 24.5 Å². The lowest BCUT2D eigenvalue weighted by molar-refractivity contribution is 0.319. The van der Waals surface area contributed by atoms with Gasteiger partial charge in [-0.1, -0.05) is 13.8 Å². The van der Waals surface area contributed by atoms with Crippen LogP contribution in [0.3, 0.4) is 0 Å². The lowest BCUT2D eigenvalue weighted by Gasteiger charge is -2.27. The van der Waals surface area contributed by atoms with Crippen LogP contribution in [0.1, 0.15) is 20.3 Å². The fourth-order valence-electron chi connectivity index (χ4n) is 1.22. The number of nitrogens with one attached hydrogen (secondary N) is 2. The number of hydrogen-bond acceptors (Lipinski definition) is 2. The molecule has 1 heterocycles. The first-order chi connectivity index (χ1) is 4.30. The normalized spacial score (nSPS) is 29.0. The highest BCUT2D eigenvalue weighted by molar-refractivity contribution is 4.74. The molecule has 0 aromatic heterocycles. The third kappa shape index (κ3) is 1.95. The van der Waals surface area contributed by atoms with Gasteiger partial charge in [0.2, 0.25) is 0 Å². The first kappa shape index (κ1) is 7.03. The number of rotatable bonds is 1. The summed E-state index contributed by atoms with van der Waals surface area (Å²) in [6.07, 6.45) is 1.28. The van der Waals surface area contributed by atoms with Gasteiger partial charge in [-0.3, -0.25) is 0 Å². The molecule has 2 heteroatoms. The fraction of sp³-hybridized carbons (Fsp3) is 1.00. The largest absolute Gasteiger partial charge is 0.304 e. The highest BCUT2D eigenvalue weighted by Crippen LogP contribution is 2.06. The summed E-state index contributed by atoms with van der Waals surface area (Å²) in [6, 6.07) is 0.742. The van der Waals surface area contributed by atoms with Crippen LogP contribution in [0.25, 0.3) is 0 Å². The zero-order valence-electron chi connectivity index (χ0n) is 6.28. The first-order valence-electron chi connectivity index (χ1n) is 3.75. The van der Waals surface area contributed by atoms with Crippen molar-refractivity contribution in [3.63, 3.8) is 0 Å². The summed E-state index contributed by atoms with van der Waals surface area (Å²) < 4.78 is 0. The second-order valence-electron chi connectivity index (χ2n) is 3.02. The maximum Gasteiger partial charge on any atom is 0.0456 e. The molecule has 0 aromatic rings. The molecule has 1 saturated heterocycles. The Morgan fingerprint density at radius 2 is 2.22 bits per heavy atom. The van der Waals surface area contributed by atoms with Crippen LogP contribution in [0.2, 0.25) is 0 Å². The molecule has 54 valence electrons. The molecule has 2 N–H and O–H groups in total. The van der Waals surface area contributed by atoms with Crippen molar-refractivity contribution in [2.75, 3.05) is 13.2 Å². The van der Waals surface area contributed by atoms with E-state index in [4.69, 9.17) is 0 Å². The van der Waals surface area contributed by atoms with Gasteiger partial charge in [-0.25, -0.2) is 0 Å². The van der Waals surface area contributed by atoms with Crippen molar-refractivity contribution < 1.29 is 0 Å². The summed E-state index contributed by atoms with van der Waals surface area (Å²) in [5, 5.41) is 6.67.